The average Bonchev–Trinajstić information content (AvgIpc) is 2.79. The third-order valence-corrected chi connectivity index (χ3v) is 5.71. The molecular weight excluding hydrogens is 331 g/mol. The van der Waals surface area contributed by atoms with Crippen LogP contribution in [0.1, 0.15) is 24.1 Å². The summed E-state index contributed by atoms with van der Waals surface area (Å²) in [6.07, 6.45) is -4.29. The summed E-state index contributed by atoms with van der Waals surface area (Å²) < 4.78 is 64.2. The molecule has 0 amide bonds. The molecule has 0 bridgehead atoms. The fraction of sp³-hybridized carbons (Fsp3) is 0.727. The van der Waals surface area contributed by atoms with Crippen LogP contribution in [-0.2, 0) is 15.9 Å². The van der Waals surface area contributed by atoms with Gasteiger partial charge < -0.3 is 0 Å². The van der Waals surface area contributed by atoms with Crippen LogP contribution in [0, 0.1) is 12.8 Å². The smallest absolute Gasteiger partial charge is 0.281 e. The molecule has 120 valence electrons. The van der Waals surface area contributed by atoms with Crippen LogP contribution in [-0.4, -0.2) is 42.2 Å². The van der Waals surface area contributed by atoms with Gasteiger partial charge >= 0.3 is 6.18 Å². The molecule has 1 N–H and O–H groups in total. The minimum atomic E-state index is -4.40. The Hall–Kier alpha value is -0.800. The normalized spacial score (nSPS) is 21.7. The summed E-state index contributed by atoms with van der Waals surface area (Å²) in [7, 11) is -4.07. The van der Waals surface area contributed by atoms with Gasteiger partial charge in [0.1, 0.15) is 0 Å². The molecule has 0 spiro atoms. The third-order valence-electron chi connectivity index (χ3n) is 3.60. The standard InChI is InChI=1S/C11H15ClF3N3O2S/c1-7-9(5-12)10(17-16-7)21(19,20)18-4-2-3-8(6-18)11(13,14)15/h8H,2-6H2,1H3,(H,16,17). The summed E-state index contributed by atoms with van der Waals surface area (Å²) in [6, 6.07) is 0. The molecule has 1 aliphatic rings. The number of nitrogens with one attached hydrogen (secondary N) is 1. The number of nitrogens with zero attached hydrogens (tertiary/aromatic N) is 2. The van der Waals surface area contributed by atoms with Crippen LogP contribution in [0.15, 0.2) is 5.03 Å². The largest absolute Gasteiger partial charge is 0.393 e. The molecule has 1 saturated heterocycles. The predicted octanol–water partition coefficient (Wildman–Crippen LogP) is 2.42. The van der Waals surface area contributed by atoms with Crippen molar-refractivity contribution in [1.82, 2.24) is 14.5 Å². The monoisotopic (exact) mass is 345 g/mol. The Morgan fingerprint density at radius 2 is 2.14 bits per heavy atom. The van der Waals surface area contributed by atoms with Crippen LogP contribution in [0.4, 0.5) is 13.2 Å². The molecule has 2 heterocycles. The number of rotatable bonds is 3. The van der Waals surface area contributed by atoms with Gasteiger partial charge in [0.05, 0.1) is 11.8 Å². The molecule has 2 rings (SSSR count). The lowest BCUT2D eigenvalue weighted by Gasteiger charge is -2.32. The Balaban J connectivity index is 2.31. The second kappa shape index (κ2) is 5.77. The van der Waals surface area contributed by atoms with Gasteiger partial charge in [-0.25, -0.2) is 8.42 Å². The van der Waals surface area contributed by atoms with E-state index in [2.05, 4.69) is 10.2 Å². The third kappa shape index (κ3) is 3.19. The van der Waals surface area contributed by atoms with Crippen molar-refractivity contribution < 1.29 is 21.6 Å². The van der Waals surface area contributed by atoms with E-state index in [-0.39, 0.29) is 30.3 Å². The Kier molecular flexibility index (Phi) is 4.55. The number of piperidine rings is 1. The number of halogens is 4. The first kappa shape index (κ1) is 16.6. The minimum Gasteiger partial charge on any atom is -0.281 e. The molecule has 0 aromatic carbocycles. The van der Waals surface area contributed by atoms with Crippen molar-refractivity contribution in [2.75, 3.05) is 13.1 Å². The molecule has 10 heteroatoms. The molecule has 1 fully saturated rings. The van der Waals surface area contributed by atoms with Gasteiger partial charge in [-0.05, 0) is 19.8 Å². The zero-order chi connectivity index (χ0) is 15.8. The molecule has 0 aliphatic carbocycles. The summed E-state index contributed by atoms with van der Waals surface area (Å²) in [4.78, 5) is 0. The predicted molar refractivity (Wildman–Crippen MR) is 70.4 cm³/mol. The van der Waals surface area contributed by atoms with Crippen molar-refractivity contribution in [3.05, 3.63) is 11.3 Å². The van der Waals surface area contributed by atoms with Crippen molar-refractivity contribution in [1.29, 1.82) is 0 Å². The van der Waals surface area contributed by atoms with E-state index in [0.717, 1.165) is 4.31 Å². The lowest BCUT2D eigenvalue weighted by Crippen LogP contribution is -2.44. The molecule has 1 unspecified atom stereocenters. The van der Waals surface area contributed by atoms with Crippen molar-refractivity contribution in [2.45, 2.75) is 36.8 Å². The average molecular weight is 346 g/mol. The van der Waals surface area contributed by atoms with Crippen molar-refractivity contribution in [3.8, 4) is 0 Å². The minimum absolute atomic E-state index is 0.0581. The van der Waals surface area contributed by atoms with E-state index in [1.54, 1.807) is 6.92 Å². The number of H-pyrrole nitrogens is 1. The van der Waals surface area contributed by atoms with Gasteiger partial charge in [-0.2, -0.15) is 22.6 Å². The van der Waals surface area contributed by atoms with E-state index >= 15 is 0 Å². The van der Waals surface area contributed by atoms with E-state index in [1.165, 1.54) is 0 Å². The van der Waals surface area contributed by atoms with Gasteiger partial charge in [0.15, 0.2) is 5.03 Å². The second-order valence-corrected chi connectivity index (χ2v) is 7.13. The van der Waals surface area contributed by atoms with Gasteiger partial charge in [0.2, 0.25) is 0 Å². The molecule has 5 nitrogen and oxygen atoms in total. The van der Waals surface area contributed by atoms with Crippen molar-refractivity contribution in [3.63, 3.8) is 0 Å². The summed E-state index contributed by atoms with van der Waals surface area (Å²) in [5.41, 5.74) is 0.791. The first-order chi connectivity index (χ1) is 9.67. The summed E-state index contributed by atoms with van der Waals surface area (Å²) in [5, 5.41) is 5.93. The van der Waals surface area contributed by atoms with E-state index < -0.39 is 28.7 Å². The molecule has 21 heavy (non-hydrogen) atoms. The topological polar surface area (TPSA) is 66.1 Å². The molecule has 0 radical (unpaired) electrons. The Morgan fingerprint density at radius 3 is 2.71 bits per heavy atom. The highest BCUT2D eigenvalue weighted by Crippen LogP contribution is 2.35. The highest BCUT2D eigenvalue weighted by atomic mass is 35.5. The molecule has 1 aromatic rings. The number of alkyl halides is 4. The van der Waals surface area contributed by atoms with Gasteiger partial charge in [0, 0.05) is 24.3 Å². The van der Waals surface area contributed by atoms with Crippen LogP contribution in [0.5, 0.6) is 0 Å². The number of aromatic nitrogens is 2. The quantitative estimate of drug-likeness (QED) is 0.856. The molecule has 0 saturated carbocycles. The van der Waals surface area contributed by atoms with Crippen molar-refractivity contribution >= 4 is 21.6 Å². The zero-order valence-electron chi connectivity index (χ0n) is 11.2. The van der Waals surface area contributed by atoms with E-state index in [1.807, 2.05) is 0 Å². The number of hydrogen-bond acceptors (Lipinski definition) is 3. The SMILES string of the molecule is Cc1[nH]nc(S(=O)(=O)N2CCCC(C(F)(F)F)C2)c1CCl. The first-order valence-corrected chi connectivity index (χ1v) is 8.32. The first-order valence-electron chi connectivity index (χ1n) is 6.34. The maximum atomic E-state index is 12.8. The van der Waals surface area contributed by atoms with Crippen LogP contribution in [0.3, 0.4) is 0 Å². The Bertz CT molecular complexity index is 615. The maximum Gasteiger partial charge on any atom is 0.393 e. The molecule has 1 aliphatic heterocycles. The number of hydrogen-bond donors (Lipinski definition) is 1. The Labute approximate surface area is 125 Å². The van der Waals surface area contributed by atoms with Crippen LogP contribution in [0.25, 0.3) is 0 Å². The fourth-order valence-electron chi connectivity index (χ4n) is 2.35. The van der Waals surface area contributed by atoms with Crippen molar-refractivity contribution in [2.24, 2.45) is 5.92 Å². The zero-order valence-corrected chi connectivity index (χ0v) is 12.8. The highest BCUT2D eigenvalue weighted by molar-refractivity contribution is 7.89. The van der Waals surface area contributed by atoms with Gasteiger partial charge in [-0.15, -0.1) is 11.6 Å². The number of aromatic amines is 1. The van der Waals surface area contributed by atoms with Crippen LogP contribution >= 0.6 is 11.6 Å². The second-order valence-electron chi connectivity index (χ2n) is 5.01. The van der Waals surface area contributed by atoms with E-state index in [4.69, 9.17) is 11.6 Å². The summed E-state index contributed by atoms with van der Waals surface area (Å²) >= 11 is 5.70. The summed E-state index contributed by atoms with van der Waals surface area (Å²) in [5.74, 6) is -1.71. The Morgan fingerprint density at radius 1 is 1.48 bits per heavy atom. The van der Waals surface area contributed by atoms with Gasteiger partial charge in [0.25, 0.3) is 10.0 Å². The summed E-state index contributed by atoms with van der Waals surface area (Å²) in [6.45, 7) is 1.10. The van der Waals surface area contributed by atoms with Crippen LogP contribution < -0.4 is 0 Å². The highest BCUT2D eigenvalue weighted by Gasteiger charge is 2.45. The van der Waals surface area contributed by atoms with E-state index in [0.29, 0.717) is 11.3 Å². The number of sulfonamides is 1. The molecule has 1 atom stereocenters. The maximum absolute atomic E-state index is 12.8. The molecule has 1 aromatic heterocycles. The lowest BCUT2D eigenvalue weighted by atomic mass is 9.99. The van der Waals surface area contributed by atoms with E-state index in [9.17, 15) is 21.6 Å². The number of aryl methyl sites for hydroxylation is 1. The fourth-order valence-corrected chi connectivity index (χ4v) is 4.45. The van der Waals surface area contributed by atoms with Gasteiger partial charge in [-0.3, -0.25) is 5.10 Å². The van der Waals surface area contributed by atoms with Gasteiger partial charge in [-0.1, -0.05) is 0 Å². The molecular formula is C11H15ClF3N3O2S. The lowest BCUT2D eigenvalue weighted by molar-refractivity contribution is -0.182. The van der Waals surface area contributed by atoms with Crippen LogP contribution in [0.2, 0.25) is 0 Å².